The fourth-order valence-corrected chi connectivity index (χ4v) is 6.21. The Labute approximate surface area is 128 Å². The average Bonchev–Trinajstić information content (AvgIpc) is 2.25. The molecule has 0 saturated carbocycles. The zero-order chi connectivity index (χ0) is 15.4. The lowest BCUT2D eigenvalue weighted by molar-refractivity contribution is 0.948. The van der Waals surface area contributed by atoms with Gasteiger partial charge in [0.15, 0.2) is 0 Å². The van der Waals surface area contributed by atoms with Crippen molar-refractivity contribution in [3.63, 3.8) is 0 Å². The van der Waals surface area contributed by atoms with Crippen LogP contribution in [-0.2, 0) is 0 Å². The van der Waals surface area contributed by atoms with Crippen molar-refractivity contribution >= 4 is 16.1 Å². The summed E-state index contributed by atoms with van der Waals surface area (Å²) in [5.41, 5.74) is 3.16. The van der Waals surface area contributed by atoms with E-state index in [1.807, 2.05) is 0 Å². The Balaban J connectivity index is 2.94. The minimum atomic E-state index is -1.03. The van der Waals surface area contributed by atoms with E-state index in [1.54, 1.807) is 5.57 Å². The van der Waals surface area contributed by atoms with E-state index in [9.17, 15) is 0 Å². The predicted molar refractivity (Wildman–Crippen MR) is 99.2 cm³/mol. The van der Waals surface area contributed by atoms with Crippen molar-refractivity contribution in [2.24, 2.45) is 0 Å². The Hall–Kier alpha value is -0.606. The molecule has 0 aliphatic carbocycles. The van der Waals surface area contributed by atoms with Crippen LogP contribution in [0.25, 0.3) is 0 Å². The van der Waals surface area contributed by atoms with Gasteiger partial charge in [-0.15, -0.1) is 0 Å². The van der Waals surface area contributed by atoms with Gasteiger partial charge in [0.05, 0.1) is 0 Å². The van der Waals surface area contributed by atoms with Gasteiger partial charge in [0.2, 0.25) is 0 Å². The van der Waals surface area contributed by atoms with Crippen LogP contribution in [0.5, 0.6) is 0 Å². The van der Waals surface area contributed by atoms with Gasteiger partial charge >= 0.3 is 0 Å². The second-order valence-electron chi connectivity index (χ2n) is 8.50. The van der Waals surface area contributed by atoms with Crippen molar-refractivity contribution in [2.75, 3.05) is 0 Å². The monoisotopic (exact) mass is 304 g/mol. The molecule has 0 fully saturated rings. The quantitative estimate of drug-likeness (QED) is 0.422. The number of benzene rings is 1. The molecule has 1 aromatic rings. The Morgan fingerprint density at radius 1 is 0.900 bits per heavy atom. The second kappa shape index (κ2) is 6.90. The maximum atomic E-state index is 2.56. The fraction of sp³-hybridized carbons (Fsp3) is 0.556. The molecule has 2 heteroatoms. The van der Waals surface area contributed by atoms with Gasteiger partial charge in [-0.25, -0.2) is 0 Å². The van der Waals surface area contributed by atoms with E-state index >= 15 is 0 Å². The van der Waals surface area contributed by atoms with Crippen molar-refractivity contribution in [1.82, 2.24) is 0 Å². The minimum absolute atomic E-state index is 0.541. The smallest absolute Gasteiger partial charge is 0.0483 e. The second-order valence-corrected chi connectivity index (χ2v) is 19.4. The SMILES string of the molecule is CC(C=C(C[Si](C)(C)C)C[Si](C)(C)C)c1ccccc1. The van der Waals surface area contributed by atoms with Gasteiger partial charge in [-0.05, 0) is 23.6 Å². The first-order valence-electron chi connectivity index (χ1n) is 7.81. The summed E-state index contributed by atoms with van der Waals surface area (Å²) < 4.78 is 0. The number of hydrogen-bond acceptors (Lipinski definition) is 0. The van der Waals surface area contributed by atoms with Gasteiger partial charge in [-0.1, -0.05) is 88.2 Å². The van der Waals surface area contributed by atoms with Crippen LogP contribution in [-0.4, -0.2) is 16.1 Å². The highest BCUT2D eigenvalue weighted by Crippen LogP contribution is 2.28. The number of rotatable bonds is 6. The molecule has 20 heavy (non-hydrogen) atoms. The Morgan fingerprint density at radius 2 is 1.35 bits per heavy atom. The molecular formula is C18H32Si2. The summed E-state index contributed by atoms with van der Waals surface area (Å²) >= 11 is 0. The molecule has 0 aliphatic heterocycles. The molecule has 112 valence electrons. The van der Waals surface area contributed by atoms with Crippen molar-refractivity contribution in [3.8, 4) is 0 Å². The van der Waals surface area contributed by atoms with E-state index < -0.39 is 16.1 Å². The summed E-state index contributed by atoms with van der Waals surface area (Å²) in [5.74, 6) is 0.541. The van der Waals surface area contributed by atoms with E-state index in [-0.39, 0.29) is 0 Å². The normalized spacial score (nSPS) is 13.9. The molecule has 0 aromatic heterocycles. The van der Waals surface area contributed by atoms with Crippen LogP contribution in [0.4, 0.5) is 0 Å². The molecule has 0 heterocycles. The minimum Gasteiger partial charge on any atom is -0.0789 e. The molecule has 0 amide bonds. The molecule has 0 aliphatic rings. The van der Waals surface area contributed by atoms with E-state index in [0.29, 0.717) is 5.92 Å². The maximum Gasteiger partial charge on any atom is 0.0483 e. The lowest BCUT2D eigenvalue weighted by Gasteiger charge is -2.25. The van der Waals surface area contributed by atoms with Crippen LogP contribution in [0.2, 0.25) is 51.4 Å². The van der Waals surface area contributed by atoms with Crippen molar-refractivity contribution < 1.29 is 0 Å². The topological polar surface area (TPSA) is 0 Å². The predicted octanol–water partition coefficient (Wildman–Crippen LogP) is 6.39. The maximum absolute atomic E-state index is 2.56. The molecular weight excluding hydrogens is 272 g/mol. The number of allylic oxidation sites excluding steroid dienone is 2. The highest BCUT2D eigenvalue weighted by molar-refractivity contribution is 6.78. The lowest BCUT2D eigenvalue weighted by Crippen LogP contribution is -2.25. The molecule has 1 aromatic carbocycles. The molecule has 0 nitrogen and oxygen atoms in total. The standard InChI is InChI=1S/C18H32Si2/c1-16(18-11-9-8-10-12-18)13-17(14-19(2,3)4)15-20(5,6)7/h8-13,16H,14-15H2,1-7H3. The first kappa shape index (κ1) is 17.4. The zero-order valence-corrected chi connectivity index (χ0v) is 16.5. The summed E-state index contributed by atoms with van der Waals surface area (Å²) in [4.78, 5) is 0. The Morgan fingerprint density at radius 3 is 1.75 bits per heavy atom. The fourth-order valence-electron chi connectivity index (χ4n) is 2.75. The largest absolute Gasteiger partial charge is 0.0789 e. The molecule has 0 bridgehead atoms. The number of hydrogen-bond donors (Lipinski definition) is 0. The van der Waals surface area contributed by atoms with Gasteiger partial charge in [-0.3, -0.25) is 0 Å². The lowest BCUT2D eigenvalue weighted by atomic mass is 9.99. The summed E-state index contributed by atoms with van der Waals surface area (Å²) in [6, 6.07) is 13.6. The van der Waals surface area contributed by atoms with Gasteiger partial charge in [-0.2, -0.15) is 0 Å². The Kier molecular flexibility index (Phi) is 6.02. The molecule has 0 saturated heterocycles. The molecule has 1 atom stereocenters. The Bertz CT molecular complexity index is 415. The van der Waals surface area contributed by atoms with E-state index in [0.717, 1.165) is 0 Å². The summed E-state index contributed by atoms with van der Waals surface area (Å²) in [5, 5.41) is 0. The first-order valence-corrected chi connectivity index (χ1v) is 15.2. The van der Waals surface area contributed by atoms with Crippen LogP contribution < -0.4 is 0 Å². The van der Waals surface area contributed by atoms with Crippen LogP contribution in [0, 0.1) is 0 Å². The first-order chi connectivity index (χ1) is 9.07. The highest BCUT2D eigenvalue weighted by Gasteiger charge is 2.21. The van der Waals surface area contributed by atoms with Crippen LogP contribution in [0.1, 0.15) is 18.4 Å². The highest BCUT2D eigenvalue weighted by atomic mass is 28.3. The van der Waals surface area contributed by atoms with Crippen molar-refractivity contribution in [2.45, 2.75) is 64.2 Å². The van der Waals surface area contributed by atoms with Crippen LogP contribution >= 0.6 is 0 Å². The van der Waals surface area contributed by atoms with Crippen molar-refractivity contribution in [1.29, 1.82) is 0 Å². The molecule has 0 spiro atoms. The summed E-state index contributed by atoms with van der Waals surface area (Å²) in [6.07, 6.45) is 2.56. The average molecular weight is 305 g/mol. The van der Waals surface area contributed by atoms with Gasteiger partial charge < -0.3 is 0 Å². The summed E-state index contributed by atoms with van der Waals surface area (Å²) in [6.45, 7) is 17.2. The molecule has 0 N–H and O–H groups in total. The van der Waals surface area contributed by atoms with E-state index in [4.69, 9.17) is 0 Å². The summed E-state index contributed by atoms with van der Waals surface area (Å²) in [7, 11) is -2.07. The zero-order valence-electron chi connectivity index (χ0n) is 14.5. The molecule has 1 unspecified atom stereocenters. The van der Waals surface area contributed by atoms with Crippen molar-refractivity contribution in [3.05, 3.63) is 47.5 Å². The molecule has 1 rings (SSSR count). The van der Waals surface area contributed by atoms with Gasteiger partial charge in [0.25, 0.3) is 0 Å². The van der Waals surface area contributed by atoms with E-state index in [2.05, 4.69) is 82.6 Å². The van der Waals surface area contributed by atoms with Gasteiger partial charge in [0, 0.05) is 16.1 Å². The van der Waals surface area contributed by atoms with Crippen LogP contribution in [0.3, 0.4) is 0 Å². The van der Waals surface area contributed by atoms with Gasteiger partial charge in [0.1, 0.15) is 0 Å². The third kappa shape index (κ3) is 7.25. The molecule has 0 radical (unpaired) electrons. The van der Waals surface area contributed by atoms with Crippen LogP contribution in [0.15, 0.2) is 42.0 Å². The third-order valence-corrected chi connectivity index (χ3v) is 6.36. The van der Waals surface area contributed by atoms with E-state index in [1.165, 1.54) is 17.7 Å². The third-order valence-electron chi connectivity index (χ3n) is 3.33.